The van der Waals surface area contributed by atoms with Gasteiger partial charge >= 0.3 is 0 Å². The summed E-state index contributed by atoms with van der Waals surface area (Å²) in [7, 11) is 0. The van der Waals surface area contributed by atoms with E-state index in [0.717, 1.165) is 32.5 Å². The van der Waals surface area contributed by atoms with Crippen molar-refractivity contribution in [1.82, 2.24) is 9.55 Å². The smallest absolute Gasteiger partial charge is 0.213 e. The molecular formula is C27H33BClFN2O2. The number of benzene rings is 2. The van der Waals surface area contributed by atoms with E-state index in [4.69, 9.17) is 21.1 Å². The van der Waals surface area contributed by atoms with E-state index in [1.807, 2.05) is 61.9 Å². The van der Waals surface area contributed by atoms with E-state index in [9.17, 15) is 4.39 Å². The van der Waals surface area contributed by atoms with Crippen molar-refractivity contribution in [2.24, 2.45) is 0 Å². The second kappa shape index (κ2) is 14.1. The normalized spacial score (nSPS) is 15.6. The number of halogens is 2. The number of hydrogen-bond donors (Lipinski definition) is 0. The number of alkyl halides is 2. The molecule has 0 N–H and O–H groups in total. The Hall–Kier alpha value is -2.41. The fourth-order valence-electron chi connectivity index (χ4n) is 3.77. The number of aromatic nitrogens is 2. The van der Waals surface area contributed by atoms with E-state index in [1.165, 1.54) is 23.5 Å². The van der Waals surface area contributed by atoms with Gasteiger partial charge in [0, 0.05) is 24.9 Å². The number of rotatable bonds is 9. The van der Waals surface area contributed by atoms with Crippen molar-refractivity contribution in [3.8, 4) is 0 Å². The van der Waals surface area contributed by atoms with E-state index >= 15 is 0 Å². The first kappa shape index (κ1) is 26.2. The molecule has 180 valence electrons. The van der Waals surface area contributed by atoms with Gasteiger partial charge < -0.3 is 14.0 Å². The number of allylic oxidation sites excluding steroid dienone is 2. The first-order valence-corrected chi connectivity index (χ1v) is 12.2. The fraction of sp³-hybridized carbons (Fsp3) is 0.370. The van der Waals surface area contributed by atoms with Crippen LogP contribution in [0, 0.1) is 6.92 Å². The quantitative estimate of drug-likeness (QED) is 0.250. The lowest BCUT2D eigenvalue weighted by atomic mass is 9.39. The third-order valence-corrected chi connectivity index (χ3v) is 6.24. The summed E-state index contributed by atoms with van der Waals surface area (Å²) in [6, 6.07) is 20.7. The van der Waals surface area contributed by atoms with Gasteiger partial charge in [0.25, 0.3) is 0 Å². The topological polar surface area (TPSA) is 36.3 Å². The molecule has 7 heteroatoms. The lowest BCUT2D eigenvalue weighted by Crippen LogP contribution is -2.41. The minimum absolute atomic E-state index is 0.0122. The van der Waals surface area contributed by atoms with Gasteiger partial charge in [-0.05, 0) is 20.2 Å². The highest BCUT2D eigenvalue weighted by Crippen LogP contribution is 2.10. The molecule has 2 atom stereocenters. The summed E-state index contributed by atoms with van der Waals surface area (Å²) in [4.78, 5) is 4.05. The zero-order valence-corrected chi connectivity index (χ0v) is 20.7. The summed E-state index contributed by atoms with van der Waals surface area (Å²) in [6.07, 6.45) is 8.10. The summed E-state index contributed by atoms with van der Waals surface area (Å²) in [6.45, 7) is 6.16. The summed E-state index contributed by atoms with van der Waals surface area (Å²) in [5.74, 6) is 0. The van der Waals surface area contributed by atoms with E-state index in [0.29, 0.717) is 0 Å². The lowest BCUT2D eigenvalue weighted by Gasteiger charge is -2.13. The number of ether oxygens (including phenoxy) is 2. The average molecular weight is 483 g/mol. The third kappa shape index (κ3) is 8.42. The molecule has 2 aromatic carbocycles. The van der Waals surface area contributed by atoms with Crippen LogP contribution < -0.4 is 10.9 Å². The first-order chi connectivity index (χ1) is 16.5. The second-order valence-corrected chi connectivity index (χ2v) is 8.85. The molecule has 1 aromatic heterocycles. The highest BCUT2D eigenvalue weighted by atomic mass is 35.5. The molecule has 0 aliphatic carbocycles. The Balaban J connectivity index is 0.000000212. The molecule has 4 rings (SSSR count). The van der Waals surface area contributed by atoms with Crippen molar-refractivity contribution in [2.45, 2.75) is 51.0 Å². The van der Waals surface area contributed by atoms with E-state index < -0.39 is 11.5 Å². The largest absolute Gasteiger partial charge is 0.350 e. The zero-order chi connectivity index (χ0) is 24.2. The van der Waals surface area contributed by atoms with Gasteiger partial charge in [-0.1, -0.05) is 83.7 Å². The SMILES string of the molecule is CC(F)C(Cl)C=CCB(c1ccccc1)c1ccccc1.Cc1cncn1CCC1OCCO1. The van der Waals surface area contributed by atoms with Crippen LogP contribution in [0.5, 0.6) is 0 Å². The predicted molar refractivity (Wildman–Crippen MR) is 139 cm³/mol. The van der Waals surface area contributed by atoms with Gasteiger partial charge in [0.2, 0.25) is 6.71 Å². The maximum absolute atomic E-state index is 13.1. The van der Waals surface area contributed by atoms with Gasteiger partial charge in [0.15, 0.2) is 6.29 Å². The molecule has 34 heavy (non-hydrogen) atoms. The van der Waals surface area contributed by atoms with Crippen LogP contribution in [0.25, 0.3) is 0 Å². The fourth-order valence-corrected chi connectivity index (χ4v) is 3.88. The van der Waals surface area contributed by atoms with Gasteiger partial charge in [-0.2, -0.15) is 0 Å². The van der Waals surface area contributed by atoms with Gasteiger partial charge in [0.05, 0.1) is 24.9 Å². The Morgan fingerprint density at radius 2 is 1.68 bits per heavy atom. The Bertz CT molecular complexity index is 939. The molecule has 1 saturated heterocycles. The molecule has 0 bridgehead atoms. The van der Waals surface area contributed by atoms with Crippen LogP contribution in [0.4, 0.5) is 4.39 Å². The van der Waals surface area contributed by atoms with Crippen LogP contribution in [-0.4, -0.2) is 47.3 Å². The van der Waals surface area contributed by atoms with Crippen LogP contribution >= 0.6 is 11.6 Å². The number of aryl methyl sites for hydroxylation is 2. The van der Waals surface area contributed by atoms with Crippen molar-refractivity contribution < 1.29 is 13.9 Å². The molecule has 4 nitrogen and oxygen atoms in total. The van der Waals surface area contributed by atoms with E-state index in [1.54, 1.807) is 6.08 Å². The van der Waals surface area contributed by atoms with Crippen molar-refractivity contribution in [3.05, 3.63) is 91.0 Å². The molecule has 0 saturated carbocycles. The van der Waals surface area contributed by atoms with Gasteiger partial charge in [-0.15, -0.1) is 11.6 Å². The Kier molecular flexibility index (Phi) is 10.9. The van der Waals surface area contributed by atoms with Crippen LogP contribution in [0.3, 0.4) is 0 Å². The maximum Gasteiger partial charge on any atom is 0.213 e. The monoisotopic (exact) mass is 482 g/mol. The van der Waals surface area contributed by atoms with Crippen molar-refractivity contribution in [2.75, 3.05) is 13.2 Å². The molecule has 2 unspecified atom stereocenters. The van der Waals surface area contributed by atoms with Crippen molar-refractivity contribution in [1.29, 1.82) is 0 Å². The highest BCUT2D eigenvalue weighted by molar-refractivity contribution is 6.85. The molecule has 0 spiro atoms. The van der Waals surface area contributed by atoms with Crippen molar-refractivity contribution in [3.63, 3.8) is 0 Å². The van der Waals surface area contributed by atoms with Crippen LogP contribution in [0.15, 0.2) is 85.3 Å². The molecular weight excluding hydrogens is 450 g/mol. The number of imidazole rings is 1. The van der Waals surface area contributed by atoms with Crippen LogP contribution in [0.2, 0.25) is 6.32 Å². The Morgan fingerprint density at radius 1 is 1.09 bits per heavy atom. The van der Waals surface area contributed by atoms with Crippen molar-refractivity contribution >= 4 is 29.2 Å². The van der Waals surface area contributed by atoms with Gasteiger partial charge in [0.1, 0.15) is 6.17 Å². The molecule has 3 aromatic rings. The number of hydrogen-bond acceptors (Lipinski definition) is 3. The average Bonchev–Trinajstić information content (AvgIpc) is 3.53. The van der Waals surface area contributed by atoms with Crippen LogP contribution in [-0.2, 0) is 16.0 Å². The molecule has 0 radical (unpaired) electrons. The summed E-state index contributed by atoms with van der Waals surface area (Å²) < 4.78 is 25.9. The molecule has 1 aliphatic rings. The minimum atomic E-state index is -1.03. The number of nitrogens with zero attached hydrogens (tertiary/aromatic N) is 2. The Labute approximate surface area is 207 Å². The molecule has 1 aliphatic heterocycles. The van der Waals surface area contributed by atoms with Gasteiger partial charge in [-0.25, -0.2) is 9.37 Å². The standard InChI is InChI=1S/C18H19BClF.C9H14N2O2/c1-15(21)18(20)13-8-14-19(16-9-4-2-5-10-16)17-11-6-3-7-12-17;1-8-6-10-7-11(8)3-2-9-12-4-5-13-9/h2-13,15,18H,14H2,1H3;6-7,9H,2-5H2,1H3. The summed E-state index contributed by atoms with van der Waals surface area (Å²) >= 11 is 5.93. The second-order valence-electron chi connectivity index (χ2n) is 8.35. The summed E-state index contributed by atoms with van der Waals surface area (Å²) in [5, 5.41) is -0.558. The third-order valence-electron chi connectivity index (χ3n) is 5.75. The zero-order valence-electron chi connectivity index (χ0n) is 19.9. The first-order valence-electron chi connectivity index (χ1n) is 11.8. The predicted octanol–water partition coefficient (Wildman–Crippen LogP) is 4.77. The lowest BCUT2D eigenvalue weighted by molar-refractivity contribution is -0.0491. The summed E-state index contributed by atoms with van der Waals surface area (Å²) in [5.41, 5.74) is 3.69. The van der Waals surface area contributed by atoms with E-state index in [2.05, 4.69) is 33.8 Å². The highest BCUT2D eigenvalue weighted by Gasteiger charge is 2.18. The Morgan fingerprint density at radius 3 is 2.18 bits per heavy atom. The minimum Gasteiger partial charge on any atom is -0.350 e. The van der Waals surface area contributed by atoms with E-state index in [-0.39, 0.29) is 13.0 Å². The van der Waals surface area contributed by atoms with Crippen LogP contribution in [0.1, 0.15) is 19.0 Å². The maximum atomic E-state index is 13.1. The molecule has 1 fully saturated rings. The molecule has 0 amide bonds. The molecule has 2 heterocycles. The van der Waals surface area contributed by atoms with Gasteiger partial charge in [-0.3, -0.25) is 0 Å².